The molecular weight excluding hydrogens is 600 g/mol. The smallest absolute Gasteiger partial charge is 0.237 e. The molecule has 0 bridgehead atoms. The van der Waals surface area contributed by atoms with Crippen LogP contribution in [0.5, 0.6) is 5.75 Å². The summed E-state index contributed by atoms with van der Waals surface area (Å²) in [5.41, 5.74) is 0.965. The van der Waals surface area contributed by atoms with Crippen LogP contribution < -0.4 is 4.74 Å². The zero-order chi connectivity index (χ0) is 34.1. The van der Waals surface area contributed by atoms with Crippen molar-refractivity contribution in [2.24, 2.45) is 11.8 Å². The monoisotopic (exact) mass is 660 g/mol. The average molecular weight is 661 g/mol. The van der Waals surface area contributed by atoms with Gasteiger partial charge in [-0.25, -0.2) is 0 Å². The van der Waals surface area contributed by atoms with E-state index in [1.165, 1.54) is 26.9 Å². The summed E-state index contributed by atoms with van der Waals surface area (Å²) in [6, 6.07) is 8.46. The maximum atomic E-state index is 14.7. The highest BCUT2D eigenvalue weighted by molar-refractivity contribution is 5.79. The van der Waals surface area contributed by atoms with Crippen molar-refractivity contribution >= 4 is 11.8 Å². The van der Waals surface area contributed by atoms with E-state index < -0.39 is 18.3 Å². The highest BCUT2D eigenvalue weighted by atomic mass is 16.5. The van der Waals surface area contributed by atoms with E-state index in [1.807, 2.05) is 18.2 Å². The van der Waals surface area contributed by atoms with Crippen LogP contribution in [-0.2, 0) is 19.1 Å². The molecule has 0 spiro atoms. The third kappa shape index (κ3) is 9.67. The van der Waals surface area contributed by atoms with Crippen molar-refractivity contribution < 1.29 is 34.0 Å². The lowest BCUT2D eigenvalue weighted by Crippen LogP contribution is -2.52. The summed E-state index contributed by atoms with van der Waals surface area (Å²) in [5.74, 6) is 0.585. The molecule has 266 valence electrons. The molecule has 11 nitrogen and oxygen atoms in total. The van der Waals surface area contributed by atoms with E-state index in [9.17, 15) is 19.8 Å². The van der Waals surface area contributed by atoms with E-state index in [0.29, 0.717) is 56.9 Å². The van der Waals surface area contributed by atoms with Gasteiger partial charge in [-0.15, -0.1) is 0 Å². The third-order valence-electron chi connectivity index (χ3n) is 10.7. The molecule has 0 aromatic heterocycles. The maximum Gasteiger partial charge on any atom is 0.237 e. The summed E-state index contributed by atoms with van der Waals surface area (Å²) in [4.78, 5) is 36.6. The number of carbonyl (C=O) groups excluding carboxylic acids is 2. The second-order valence-corrected chi connectivity index (χ2v) is 14.1. The quantitative estimate of drug-likeness (QED) is 0.476. The standard InChI is InChI=1S/C36H60N4O7/c1-25(2)29-21-39(26(3)41)22-33(46-6)36(44)32(42)24-47-19-10-9-17-40(35(29)27-12-11-13-28(20-27)45-5)34(43)23-38-18-15-30-31(38)14-7-8-16-37(30)4/h11-13,20,25,29-33,35-36,42,44H,7-10,14-19,21-24H2,1-6H3/t29-,30-,31-,32+,33+,35-,36+/m1/s1. The summed E-state index contributed by atoms with van der Waals surface area (Å²) >= 11 is 0. The molecule has 11 heteroatoms. The normalized spacial score (nSPS) is 31.1. The first kappa shape index (κ1) is 37.5. The number of carbonyl (C=O) groups is 2. The van der Waals surface area contributed by atoms with Gasteiger partial charge in [0.1, 0.15) is 24.1 Å². The summed E-state index contributed by atoms with van der Waals surface area (Å²) in [5, 5.41) is 21.7. The van der Waals surface area contributed by atoms with Crippen LogP contribution in [0.4, 0.5) is 0 Å². The largest absolute Gasteiger partial charge is 0.497 e. The molecule has 2 N–H and O–H groups in total. The van der Waals surface area contributed by atoms with E-state index in [1.54, 1.807) is 12.0 Å². The molecular formula is C36H60N4O7. The second kappa shape index (κ2) is 17.9. The van der Waals surface area contributed by atoms with E-state index in [4.69, 9.17) is 14.2 Å². The molecule has 0 aliphatic carbocycles. The number of ether oxygens (including phenoxy) is 3. The van der Waals surface area contributed by atoms with Crippen molar-refractivity contribution in [3.63, 3.8) is 0 Å². The summed E-state index contributed by atoms with van der Waals surface area (Å²) in [6.45, 7) is 9.48. The molecule has 3 fully saturated rings. The van der Waals surface area contributed by atoms with Crippen molar-refractivity contribution in [3.05, 3.63) is 29.8 Å². The van der Waals surface area contributed by atoms with Gasteiger partial charge in [-0.3, -0.25) is 14.5 Å². The van der Waals surface area contributed by atoms with Crippen LogP contribution in [0.2, 0.25) is 0 Å². The molecule has 0 radical (unpaired) electrons. The van der Waals surface area contributed by atoms with Crippen molar-refractivity contribution in [3.8, 4) is 5.75 Å². The number of hydrogen-bond acceptors (Lipinski definition) is 9. The van der Waals surface area contributed by atoms with Gasteiger partial charge in [0.05, 0.1) is 26.3 Å². The fourth-order valence-corrected chi connectivity index (χ4v) is 7.87. The maximum absolute atomic E-state index is 14.7. The molecule has 0 saturated carbocycles. The Morgan fingerprint density at radius 2 is 1.77 bits per heavy atom. The van der Waals surface area contributed by atoms with Gasteiger partial charge in [-0.1, -0.05) is 32.4 Å². The minimum absolute atomic E-state index is 0.0449. The summed E-state index contributed by atoms with van der Waals surface area (Å²) in [7, 11) is 5.34. The molecule has 3 heterocycles. The van der Waals surface area contributed by atoms with E-state index in [0.717, 1.165) is 31.5 Å². The highest BCUT2D eigenvalue weighted by Crippen LogP contribution is 2.37. The van der Waals surface area contributed by atoms with Crippen LogP contribution >= 0.6 is 0 Å². The average Bonchev–Trinajstić information content (AvgIpc) is 3.35. The fourth-order valence-electron chi connectivity index (χ4n) is 7.87. The zero-order valence-corrected chi connectivity index (χ0v) is 29.6. The Balaban J connectivity index is 1.74. The van der Waals surface area contributed by atoms with E-state index in [-0.39, 0.29) is 42.8 Å². The predicted octanol–water partition coefficient (Wildman–Crippen LogP) is 2.79. The first-order valence-corrected chi connectivity index (χ1v) is 17.7. The number of likely N-dealkylation sites (N-methyl/N-ethyl adjacent to an activating group) is 1. The molecule has 7 atom stereocenters. The lowest BCUT2D eigenvalue weighted by atomic mass is 9.82. The number of amides is 2. The second-order valence-electron chi connectivity index (χ2n) is 14.1. The number of methoxy groups -OCH3 is 2. The molecule has 3 aliphatic rings. The van der Waals surface area contributed by atoms with Crippen LogP contribution in [0.3, 0.4) is 0 Å². The number of aliphatic hydroxyl groups is 2. The van der Waals surface area contributed by atoms with Crippen molar-refractivity contribution in [2.45, 2.75) is 95.7 Å². The lowest BCUT2D eigenvalue weighted by Gasteiger charge is -2.43. The lowest BCUT2D eigenvalue weighted by molar-refractivity contribution is -0.140. The Morgan fingerprint density at radius 1 is 1.00 bits per heavy atom. The Bertz CT molecular complexity index is 1140. The number of likely N-dealkylation sites (tertiary alicyclic amines) is 2. The van der Waals surface area contributed by atoms with Crippen LogP contribution in [0.25, 0.3) is 0 Å². The predicted molar refractivity (Wildman–Crippen MR) is 181 cm³/mol. The van der Waals surface area contributed by atoms with Crippen LogP contribution in [-0.4, -0.2) is 146 Å². The summed E-state index contributed by atoms with van der Waals surface area (Å²) < 4.78 is 17.0. The van der Waals surface area contributed by atoms with Gasteiger partial charge in [0, 0.05) is 64.8 Å². The Labute approximate surface area is 282 Å². The molecule has 47 heavy (non-hydrogen) atoms. The summed E-state index contributed by atoms with van der Waals surface area (Å²) in [6.07, 6.45) is 2.75. The number of nitrogens with zero attached hydrogens (tertiary/aromatic N) is 4. The fraction of sp³-hybridized carbons (Fsp3) is 0.778. The van der Waals surface area contributed by atoms with Crippen LogP contribution in [0, 0.1) is 11.8 Å². The molecule has 3 aliphatic heterocycles. The van der Waals surface area contributed by atoms with Gasteiger partial charge < -0.3 is 39.1 Å². The topological polar surface area (TPSA) is 115 Å². The first-order valence-electron chi connectivity index (χ1n) is 17.7. The number of fused-ring (bicyclic) bond motifs is 1. The molecule has 2 amide bonds. The molecule has 1 aromatic rings. The van der Waals surface area contributed by atoms with E-state index in [2.05, 4.69) is 41.7 Å². The van der Waals surface area contributed by atoms with Crippen LogP contribution in [0.1, 0.15) is 70.9 Å². The van der Waals surface area contributed by atoms with E-state index >= 15 is 0 Å². The van der Waals surface area contributed by atoms with Crippen LogP contribution in [0.15, 0.2) is 24.3 Å². The third-order valence-corrected chi connectivity index (χ3v) is 10.7. The SMILES string of the molecule is COc1cccc([C@@H]2[C@@H](C(C)C)CN(C(C)=O)C[C@H](OC)[C@@H](O)[C@@H](O)COCCCCN2C(=O)CN2CC[C@@H]3[C@H]2CCCCN3C)c1. The van der Waals surface area contributed by atoms with Crippen molar-refractivity contribution in [1.82, 2.24) is 19.6 Å². The number of rotatable bonds is 6. The molecule has 0 unspecified atom stereocenters. The van der Waals surface area contributed by atoms with Crippen molar-refractivity contribution in [1.29, 1.82) is 0 Å². The Morgan fingerprint density at radius 3 is 2.47 bits per heavy atom. The van der Waals surface area contributed by atoms with Gasteiger partial charge in [0.15, 0.2) is 0 Å². The Kier molecular flexibility index (Phi) is 14.3. The molecule has 4 rings (SSSR count). The highest BCUT2D eigenvalue weighted by Gasteiger charge is 2.41. The van der Waals surface area contributed by atoms with Crippen molar-refractivity contribution in [2.75, 3.05) is 73.7 Å². The van der Waals surface area contributed by atoms with Gasteiger partial charge in [0.25, 0.3) is 0 Å². The minimum atomic E-state index is -1.23. The molecule has 3 saturated heterocycles. The number of aliphatic hydroxyl groups excluding tert-OH is 2. The Hall–Kier alpha value is -2.28. The minimum Gasteiger partial charge on any atom is -0.497 e. The molecule has 1 aromatic carbocycles. The van der Waals surface area contributed by atoms with Gasteiger partial charge in [0.2, 0.25) is 11.8 Å². The van der Waals surface area contributed by atoms with Gasteiger partial charge in [-0.2, -0.15) is 0 Å². The number of benzene rings is 1. The van der Waals surface area contributed by atoms with Gasteiger partial charge in [-0.05, 0) is 69.3 Å². The first-order chi connectivity index (χ1) is 22.5. The van der Waals surface area contributed by atoms with Gasteiger partial charge >= 0.3 is 0 Å². The number of hydrogen-bond donors (Lipinski definition) is 2. The zero-order valence-electron chi connectivity index (χ0n) is 29.6.